The minimum absolute atomic E-state index is 0.0828. The summed E-state index contributed by atoms with van der Waals surface area (Å²) < 4.78 is 16.2. The van der Waals surface area contributed by atoms with Gasteiger partial charge in [-0.15, -0.1) is 0 Å². The van der Waals surface area contributed by atoms with Crippen molar-refractivity contribution in [1.29, 1.82) is 0 Å². The first-order valence-electron chi connectivity index (χ1n) is 7.93. The molecular weight excluding hydrogens is 310 g/mol. The smallest absolute Gasteiger partial charge is 0.259 e. The summed E-state index contributed by atoms with van der Waals surface area (Å²) in [4.78, 5) is 17.1. The molecule has 0 saturated carbocycles. The van der Waals surface area contributed by atoms with E-state index in [1.807, 2.05) is 0 Å². The molecule has 1 amide bonds. The number of aryl methyl sites for hydroxylation is 1. The molecule has 1 aliphatic heterocycles. The lowest BCUT2D eigenvalue weighted by molar-refractivity contribution is 0.0859. The van der Waals surface area contributed by atoms with E-state index in [4.69, 9.17) is 13.7 Å². The number of pyridine rings is 1. The van der Waals surface area contributed by atoms with Gasteiger partial charge in [-0.25, -0.2) is 4.98 Å². The number of aromatic nitrogens is 2. The van der Waals surface area contributed by atoms with E-state index in [1.54, 1.807) is 31.4 Å². The van der Waals surface area contributed by atoms with E-state index in [-0.39, 0.29) is 12.0 Å². The van der Waals surface area contributed by atoms with Crippen molar-refractivity contribution in [2.45, 2.75) is 25.9 Å². The van der Waals surface area contributed by atoms with E-state index in [0.29, 0.717) is 40.4 Å². The molecule has 0 spiro atoms. The third-order valence-electron chi connectivity index (χ3n) is 4.15. The fourth-order valence-corrected chi connectivity index (χ4v) is 2.93. The van der Waals surface area contributed by atoms with Crippen molar-refractivity contribution in [3.63, 3.8) is 0 Å². The first-order chi connectivity index (χ1) is 11.7. The predicted octanol–water partition coefficient (Wildman–Crippen LogP) is 2.70. The summed E-state index contributed by atoms with van der Waals surface area (Å²) in [6.45, 7) is 3.04. The molecule has 0 aromatic carbocycles. The van der Waals surface area contributed by atoms with Crippen molar-refractivity contribution in [1.82, 2.24) is 15.5 Å². The number of ether oxygens (including phenoxy) is 1. The number of amides is 1. The highest BCUT2D eigenvalue weighted by Gasteiger charge is 2.22. The Morgan fingerprint density at radius 3 is 3.12 bits per heavy atom. The molecule has 124 valence electrons. The zero-order valence-electron chi connectivity index (χ0n) is 13.2. The van der Waals surface area contributed by atoms with Gasteiger partial charge >= 0.3 is 0 Å². The molecule has 0 bridgehead atoms. The molecule has 0 radical (unpaired) electrons. The number of hydrogen-bond donors (Lipinski definition) is 1. The van der Waals surface area contributed by atoms with E-state index < -0.39 is 0 Å². The number of hydrogen-bond acceptors (Lipinski definition) is 6. The average molecular weight is 327 g/mol. The van der Waals surface area contributed by atoms with Gasteiger partial charge in [-0.3, -0.25) is 4.79 Å². The zero-order valence-corrected chi connectivity index (χ0v) is 13.2. The Kier molecular flexibility index (Phi) is 3.78. The van der Waals surface area contributed by atoms with Crippen LogP contribution in [-0.4, -0.2) is 35.3 Å². The number of rotatable bonds is 4. The molecule has 3 aromatic rings. The van der Waals surface area contributed by atoms with Crippen LogP contribution in [0.25, 0.3) is 22.6 Å². The summed E-state index contributed by atoms with van der Waals surface area (Å²) in [7, 11) is 0. The van der Waals surface area contributed by atoms with Crippen LogP contribution in [0.5, 0.6) is 0 Å². The molecule has 0 unspecified atom stereocenters. The van der Waals surface area contributed by atoms with Crippen molar-refractivity contribution in [2.75, 3.05) is 13.2 Å². The molecule has 4 rings (SSSR count). The summed E-state index contributed by atoms with van der Waals surface area (Å²) >= 11 is 0. The maximum Gasteiger partial charge on any atom is 0.259 e. The second-order valence-corrected chi connectivity index (χ2v) is 5.83. The molecule has 7 nitrogen and oxygen atoms in total. The van der Waals surface area contributed by atoms with Gasteiger partial charge in [0.2, 0.25) is 0 Å². The summed E-state index contributed by atoms with van der Waals surface area (Å²) in [5.74, 6) is 0.371. The number of nitrogens with zero attached hydrogens (tertiary/aromatic N) is 2. The average Bonchev–Trinajstić information content (AvgIpc) is 3.34. The van der Waals surface area contributed by atoms with Crippen molar-refractivity contribution in [3.05, 3.63) is 35.7 Å². The van der Waals surface area contributed by atoms with Gasteiger partial charge in [0.1, 0.15) is 5.69 Å². The van der Waals surface area contributed by atoms with Gasteiger partial charge in [0.25, 0.3) is 11.6 Å². The molecule has 24 heavy (non-hydrogen) atoms. The van der Waals surface area contributed by atoms with E-state index in [2.05, 4.69) is 15.5 Å². The van der Waals surface area contributed by atoms with Crippen LogP contribution in [0.2, 0.25) is 0 Å². The maximum absolute atomic E-state index is 12.7. The summed E-state index contributed by atoms with van der Waals surface area (Å²) in [5.41, 5.74) is 1.96. The van der Waals surface area contributed by atoms with Crippen molar-refractivity contribution < 1.29 is 18.5 Å². The Labute approximate surface area is 138 Å². The highest BCUT2D eigenvalue weighted by atomic mass is 16.5. The molecule has 0 aliphatic carbocycles. The van der Waals surface area contributed by atoms with Crippen LogP contribution in [-0.2, 0) is 4.74 Å². The zero-order chi connectivity index (χ0) is 16.5. The van der Waals surface area contributed by atoms with Gasteiger partial charge in [-0.1, -0.05) is 5.16 Å². The van der Waals surface area contributed by atoms with E-state index >= 15 is 0 Å². The predicted molar refractivity (Wildman–Crippen MR) is 85.6 cm³/mol. The second-order valence-electron chi connectivity index (χ2n) is 5.83. The Morgan fingerprint density at radius 2 is 2.38 bits per heavy atom. The van der Waals surface area contributed by atoms with Crippen molar-refractivity contribution in [2.24, 2.45) is 0 Å². The largest absolute Gasteiger partial charge is 0.463 e. The number of carbonyl (C=O) groups excluding carboxylic acids is 1. The first kappa shape index (κ1) is 14.9. The topological polar surface area (TPSA) is 90.4 Å². The number of fused-ring (bicyclic) bond motifs is 1. The Bertz CT molecular complexity index is 863. The highest BCUT2D eigenvalue weighted by molar-refractivity contribution is 6.06. The standard InChI is InChI=1S/C17H17N3O4/c1-10-15-12(16(21)18-9-11-4-2-6-22-11)8-13(14-5-3-7-23-14)19-17(15)24-20-10/h3,5,7-8,11H,2,4,6,9H2,1H3,(H,18,21)/t11-/m1/s1. The molecule has 7 heteroatoms. The van der Waals surface area contributed by atoms with E-state index in [1.165, 1.54) is 0 Å². The summed E-state index contributed by atoms with van der Waals surface area (Å²) in [6.07, 6.45) is 3.65. The Balaban J connectivity index is 1.69. The fourth-order valence-electron chi connectivity index (χ4n) is 2.93. The third kappa shape index (κ3) is 2.67. The number of carbonyl (C=O) groups is 1. The summed E-state index contributed by atoms with van der Waals surface area (Å²) in [6, 6.07) is 5.26. The number of nitrogens with one attached hydrogen (secondary N) is 1. The molecule has 1 atom stereocenters. The third-order valence-corrected chi connectivity index (χ3v) is 4.15. The van der Waals surface area contributed by atoms with Crippen molar-refractivity contribution >= 4 is 17.0 Å². The number of furan rings is 1. The van der Waals surface area contributed by atoms with Gasteiger partial charge < -0.3 is 19.0 Å². The minimum atomic E-state index is -0.197. The van der Waals surface area contributed by atoms with Crippen LogP contribution in [0.3, 0.4) is 0 Å². The van der Waals surface area contributed by atoms with Crippen LogP contribution in [0.15, 0.2) is 33.4 Å². The van der Waals surface area contributed by atoms with Crippen molar-refractivity contribution in [3.8, 4) is 11.5 Å². The van der Waals surface area contributed by atoms with Crippen LogP contribution in [0.4, 0.5) is 0 Å². The van der Waals surface area contributed by atoms with Crippen LogP contribution in [0.1, 0.15) is 28.9 Å². The van der Waals surface area contributed by atoms with Crippen LogP contribution >= 0.6 is 0 Å². The van der Waals surface area contributed by atoms with Gasteiger partial charge in [-0.2, -0.15) is 0 Å². The molecular formula is C17H17N3O4. The first-order valence-corrected chi connectivity index (χ1v) is 7.93. The lowest BCUT2D eigenvalue weighted by atomic mass is 10.1. The normalized spacial score (nSPS) is 17.5. The van der Waals surface area contributed by atoms with Gasteiger partial charge in [0.05, 0.1) is 29.0 Å². The van der Waals surface area contributed by atoms with Gasteiger partial charge in [0.15, 0.2) is 5.76 Å². The Morgan fingerprint density at radius 1 is 1.46 bits per heavy atom. The Hall–Kier alpha value is -2.67. The molecule has 1 fully saturated rings. The fraction of sp³-hybridized carbons (Fsp3) is 0.353. The second kappa shape index (κ2) is 6.09. The van der Waals surface area contributed by atoms with Gasteiger partial charge in [-0.05, 0) is 38.0 Å². The maximum atomic E-state index is 12.7. The molecule has 1 N–H and O–H groups in total. The molecule has 1 aliphatic rings. The van der Waals surface area contributed by atoms with Crippen LogP contribution < -0.4 is 5.32 Å². The molecule has 3 aromatic heterocycles. The molecule has 4 heterocycles. The van der Waals surface area contributed by atoms with E-state index in [9.17, 15) is 4.79 Å². The SMILES string of the molecule is Cc1noc2nc(-c3ccco3)cc(C(=O)NC[C@H]3CCCO3)c12. The lowest BCUT2D eigenvalue weighted by Crippen LogP contribution is -2.32. The quantitative estimate of drug-likeness (QED) is 0.792. The highest BCUT2D eigenvalue weighted by Crippen LogP contribution is 2.27. The monoisotopic (exact) mass is 327 g/mol. The van der Waals surface area contributed by atoms with Gasteiger partial charge in [0, 0.05) is 13.2 Å². The molecule has 1 saturated heterocycles. The van der Waals surface area contributed by atoms with Crippen LogP contribution in [0, 0.1) is 6.92 Å². The minimum Gasteiger partial charge on any atom is -0.463 e. The van der Waals surface area contributed by atoms with E-state index in [0.717, 1.165) is 19.4 Å². The lowest BCUT2D eigenvalue weighted by Gasteiger charge is -2.11. The summed E-state index contributed by atoms with van der Waals surface area (Å²) in [5, 5.41) is 7.48.